The van der Waals surface area contributed by atoms with Crippen LogP contribution in [0, 0.1) is 0 Å². The third kappa shape index (κ3) is 4.89. The van der Waals surface area contributed by atoms with Crippen LogP contribution >= 0.6 is 22.7 Å². The maximum absolute atomic E-state index is 13.0. The van der Waals surface area contributed by atoms with Crippen LogP contribution in [0.1, 0.15) is 36.5 Å². The number of imide groups is 1. The Morgan fingerprint density at radius 1 is 1.20 bits per heavy atom. The fourth-order valence-electron chi connectivity index (χ4n) is 3.09. The Kier molecular flexibility index (Phi) is 7.23. The average molecular weight is 472 g/mol. The number of carbonyl (C=O) groups excluding carboxylic acids is 3. The largest absolute Gasteiger partial charge is 0.450 e. The van der Waals surface area contributed by atoms with Gasteiger partial charge >= 0.3 is 6.09 Å². The van der Waals surface area contributed by atoms with Crippen molar-refractivity contribution in [2.24, 2.45) is 0 Å². The van der Waals surface area contributed by atoms with Crippen LogP contribution in [0.2, 0.25) is 0 Å². The molecule has 1 atom stereocenters. The molecule has 0 radical (unpaired) electrons. The van der Waals surface area contributed by atoms with Gasteiger partial charge < -0.3 is 10.1 Å². The van der Waals surface area contributed by atoms with E-state index >= 15 is 0 Å². The number of hydrogen-bond donors (Lipinski definition) is 2. The monoisotopic (exact) mass is 471 g/mol. The predicted molar refractivity (Wildman–Crippen MR) is 113 cm³/mol. The fraction of sp³-hybridized carbons (Fsp3) is 0.389. The van der Waals surface area contributed by atoms with Crippen molar-refractivity contribution in [3.63, 3.8) is 0 Å². The topological polar surface area (TPSA) is 122 Å². The molecule has 2 aromatic heterocycles. The van der Waals surface area contributed by atoms with Crippen LogP contribution in [-0.4, -0.2) is 49.8 Å². The van der Waals surface area contributed by atoms with Gasteiger partial charge in [0, 0.05) is 6.54 Å². The Hall–Kier alpha value is -2.28. The second kappa shape index (κ2) is 9.69. The Bertz CT molecular complexity index is 1020. The first-order valence-corrected chi connectivity index (χ1v) is 12.5. The summed E-state index contributed by atoms with van der Waals surface area (Å²) in [5.74, 6) is -1.22. The molecule has 1 unspecified atom stereocenters. The zero-order valence-electron chi connectivity index (χ0n) is 16.1. The number of rotatable bonds is 6. The number of hydrogen-bond acceptors (Lipinski definition) is 8. The normalized spacial score (nSPS) is 17.3. The van der Waals surface area contributed by atoms with Crippen molar-refractivity contribution >= 4 is 55.6 Å². The molecule has 2 N–H and O–H groups in total. The number of anilines is 1. The van der Waals surface area contributed by atoms with Gasteiger partial charge in [-0.05, 0) is 42.7 Å². The molecule has 0 saturated carbocycles. The molecule has 1 aliphatic heterocycles. The molecule has 0 aromatic carbocycles. The van der Waals surface area contributed by atoms with Gasteiger partial charge in [0.2, 0.25) is 5.91 Å². The lowest BCUT2D eigenvalue weighted by atomic mass is 10.0. The fourth-order valence-corrected chi connectivity index (χ4v) is 6.65. The number of nitrogens with zero attached hydrogens (tertiary/aromatic N) is 1. The number of carbonyl (C=O) groups is 3. The predicted octanol–water partition coefficient (Wildman–Crippen LogP) is 2.88. The molecule has 3 heterocycles. The second-order valence-electron chi connectivity index (χ2n) is 6.39. The van der Waals surface area contributed by atoms with Crippen molar-refractivity contribution in [2.45, 2.75) is 36.4 Å². The SMILES string of the molecule is CCOC(=O)NC(=O)c1ccsc1NC(=O)C1CCCCN1S(=O)(=O)c1cccs1. The lowest BCUT2D eigenvalue weighted by Crippen LogP contribution is -2.49. The molecule has 1 aliphatic rings. The molecular weight excluding hydrogens is 450 g/mol. The van der Waals surface area contributed by atoms with Crippen LogP contribution in [0.5, 0.6) is 0 Å². The molecule has 1 fully saturated rings. The minimum absolute atomic E-state index is 0.102. The number of piperidine rings is 1. The third-order valence-corrected chi connectivity index (χ3v) is 8.56. The van der Waals surface area contributed by atoms with E-state index < -0.39 is 34.0 Å². The van der Waals surface area contributed by atoms with E-state index in [2.05, 4.69) is 15.4 Å². The van der Waals surface area contributed by atoms with Crippen molar-refractivity contribution in [1.82, 2.24) is 9.62 Å². The molecule has 0 spiro atoms. The number of sulfonamides is 1. The van der Waals surface area contributed by atoms with Gasteiger partial charge in [-0.3, -0.25) is 14.9 Å². The van der Waals surface area contributed by atoms with Gasteiger partial charge in [-0.15, -0.1) is 22.7 Å². The minimum atomic E-state index is -3.79. The zero-order chi connectivity index (χ0) is 21.7. The van der Waals surface area contributed by atoms with Crippen molar-refractivity contribution in [3.8, 4) is 0 Å². The first-order chi connectivity index (χ1) is 14.3. The van der Waals surface area contributed by atoms with Gasteiger partial charge in [0.15, 0.2) is 0 Å². The number of thiophene rings is 2. The van der Waals surface area contributed by atoms with E-state index in [1.165, 1.54) is 16.4 Å². The van der Waals surface area contributed by atoms with E-state index in [0.29, 0.717) is 12.8 Å². The van der Waals surface area contributed by atoms with E-state index in [0.717, 1.165) is 29.1 Å². The molecule has 0 bridgehead atoms. The van der Waals surface area contributed by atoms with Crippen LogP contribution in [-0.2, 0) is 19.6 Å². The van der Waals surface area contributed by atoms with Gasteiger partial charge in [-0.1, -0.05) is 12.5 Å². The molecule has 12 heteroatoms. The summed E-state index contributed by atoms with van der Waals surface area (Å²) in [7, 11) is -3.79. The zero-order valence-corrected chi connectivity index (χ0v) is 18.6. The van der Waals surface area contributed by atoms with Gasteiger partial charge in [0.1, 0.15) is 15.3 Å². The lowest BCUT2D eigenvalue weighted by Gasteiger charge is -2.33. The van der Waals surface area contributed by atoms with E-state index in [4.69, 9.17) is 0 Å². The number of nitrogens with one attached hydrogen (secondary N) is 2. The highest BCUT2D eigenvalue weighted by Crippen LogP contribution is 2.30. The number of amides is 3. The van der Waals surface area contributed by atoms with Gasteiger partial charge in [0.25, 0.3) is 15.9 Å². The van der Waals surface area contributed by atoms with E-state index in [1.54, 1.807) is 23.8 Å². The van der Waals surface area contributed by atoms with Crippen molar-refractivity contribution in [2.75, 3.05) is 18.5 Å². The molecular formula is C18H21N3O6S3. The van der Waals surface area contributed by atoms with E-state index in [9.17, 15) is 22.8 Å². The van der Waals surface area contributed by atoms with Crippen LogP contribution in [0.25, 0.3) is 0 Å². The second-order valence-corrected chi connectivity index (χ2v) is 10.4. The van der Waals surface area contributed by atoms with Crippen molar-refractivity contribution in [3.05, 3.63) is 34.5 Å². The molecule has 9 nitrogen and oxygen atoms in total. The first-order valence-electron chi connectivity index (χ1n) is 9.26. The number of alkyl carbamates (subject to hydrolysis) is 1. The Morgan fingerprint density at radius 3 is 2.70 bits per heavy atom. The Morgan fingerprint density at radius 2 is 2.00 bits per heavy atom. The van der Waals surface area contributed by atoms with Crippen LogP contribution in [0.15, 0.2) is 33.2 Å². The quantitative estimate of drug-likeness (QED) is 0.668. The Balaban J connectivity index is 1.76. The summed E-state index contributed by atoms with van der Waals surface area (Å²) in [6, 6.07) is 3.75. The summed E-state index contributed by atoms with van der Waals surface area (Å²) in [5, 5.41) is 8.24. The standard InChI is InChI=1S/C18H21N3O6S3/c1-2-27-18(24)20-15(22)12-8-11-29-17(12)19-16(23)13-6-3-4-9-21(13)30(25,26)14-7-5-10-28-14/h5,7-8,10-11,13H,2-4,6,9H2,1H3,(H,19,23)(H,20,22,24). The maximum atomic E-state index is 13.0. The molecule has 30 heavy (non-hydrogen) atoms. The van der Waals surface area contributed by atoms with Crippen molar-refractivity contribution < 1.29 is 27.5 Å². The van der Waals surface area contributed by atoms with Gasteiger partial charge in [0.05, 0.1) is 12.2 Å². The molecule has 1 saturated heterocycles. The molecule has 162 valence electrons. The average Bonchev–Trinajstić information content (AvgIpc) is 3.40. The smallest absolute Gasteiger partial charge is 0.414 e. The minimum Gasteiger partial charge on any atom is -0.450 e. The van der Waals surface area contributed by atoms with Crippen LogP contribution < -0.4 is 10.6 Å². The highest BCUT2D eigenvalue weighted by molar-refractivity contribution is 7.91. The summed E-state index contributed by atoms with van der Waals surface area (Å²) in [6.45, 7) is 1.97. The molecule has 3 rings (SSSR count). The highest BCUT2D eigenvalue weighted by atomic mass is 32.2. The molecule has 2 aromatic rings. The molecule has 0 aliphatic carbocycles. The number of ether oxygens (including phenoxy) is 1. The summed E-state index contributed by atoms with van der Waals surface area (Å²) in [5.41, 5.74) is 0.102. The summed E-state index contributed by atoms with van der Waals surface area (Å²) in [4.78, 5) is 36.7. The van der Waals surface area contributed by atoms with E-state index in [1.807, 2.05) is 0 Å². The van der Waals surface area contributed by atoms with Gasteiger partial charge in [-0.2, -0.15) is 4.31 Å². The van der Waals surface area contributed by atoms with Crippen molar-refractivity contribution in [1.29, 1.82) is 0 Å². The third-order valence-electron chi connectivity index (χ3n) is 4.45. The summed E-state index contributed by atoms with van der Waals surface area (Å²) in [6.07, 6.45) is 0.883. The van der Waals surface area contributed by atoms with Crippen LogP contribution in [0.3, 0.4) is 0 Å². The molecule has 3 amide bonds. The van der Waals surface area contributed by atoms with E-state index in [-0.39, 0.29) is 27.9 Å². The lowest BCUT2D eigenvalue weighted by molar-refractivity contribution is -0.120. The summed E-state index contributed by atoms with van der Waals surface area (Å²) >= 11 is 2.21. The first kappa shape index (κ1) is 22.4. The van der Waals surface area contributed by atoms with Crippen LogP contribution in [0.4, 0.5) is 9.80 Å². The summed E-state index contributed by atoms with van der Waals surface area (Å²) < 4.78 is 32.0. The maximum Gasteiger partial charge on any atom is 0.414 e. The Labute approximate surface area is 182 Å². The van der Waals surface area contributed by atoms with Gasteiger partial charge in [-0.25, -0.2) is 13.2 Å². The highest BCUT2D eigenvalue weighted by Gasteiger charge is 2.38.